The van der Waals surface area contributed by atoms with E-state index in [1.54, 1.807) is 0 Å². The predicted molar refractivity (Wildman–Crippen MR) is 106 cm³/mol. The van der Waals surface area contributed by atoms with E-state index in [2.05, 4.69) is 10.2 Å². The average molecular weight is 390 g/mol. The Morgan fingerprint density at radius 3 is 2.78 bits per heavy atom. The number of amides is 2. The van der Waals surface area contributed by atoms with Gasteiger partial charge < -0.3 is 15.1 Å². The van der Waals surface area contributed by atoms with E-state index in [9.17, 15) is 9.59 Å². The second kappa shape index (κ2) is 7.80. The molecule has 3 fully saturated rings. The van der Waals surface area contributed by atoms with Gasteiger partial charge in [0, 0.05) is 30.6 Å². The van der Waals surface area contributed by atoms with Gasteiger partial charge in [-0.15, -0.1) is 0 Å². The molecule has 2 atom stereocenters. The topological polar surface area (TPSA) is 52.7 Å². The highest BCUT2D eigenvalue weighted by molar-refractivity contribution is 6.31. The van der Waals surface area contributed by atoms with Crippen molar-refractivity contribution in [2.24, 2.45) is 0 Å². The maximum atomic E-state index is 13.3. The number of halogens is 1. The van der Waals surface area contributed by atoms with E-state index in [-0.39, 0.29) is 17.9 Å². The highest BCUT2D eigenvalue weighted by atomic mass is 35.5. The molecule has 3 aliphatic heterocycles. The van der Waals surface area contributed by atoms with Gasteiger partial charge in [-0.25, -0.2) is 0 Å². The molecule has 0 aliphatic carbocycles. The van der Waals surface area contributed by atoms with Crippen LogP contribution in [0.4, 0.5) is 0 Å². The number of likely N-dealkylation sites (tertiary alicyclic amines) is 1. The standard InChI is InChI=1S/C21H28ClN3O2/c22-18-7-2-1-6-17(18)21(14-16-8-9-19(26)25(16)15-21)20(27)23-10-5-13-24-11-3-4-12-24/h1-2,6-7,16H,3-5,8-15H2,(H,23,27)/t16-,21-/m0/s1. The molecule has 0 bridgehead atoms. The molecule has 1 N–H and O–H groups in total. The van der Waals surface area contributed by atoms with Gasteiger partial charge in [0.1, 0.15) is 0 Å². The number of hydrogen-bond acceptors (Lipinski definition) is 3. The van der Waals surface area contributed by atoms with Crippen molar-refractivity contribution in [2.75, 3.05) is 32.7 Å². The van der Waals surface area contributed by atoms with Gasteiger partial charge in [0.25, 0.3) is 0 Å². The van der Waals surface area contributed by atoms with Crippen LogP contribution in [-0.4, -0.2) is 60.4 Å². The molecule has 5 nitrogen and oxygen atoms in total. The van der Waals surface area contributed by atoms with Crippen molar-refractivity contribution in [1.29, 1.82) is 0 Å². The molecule has 27 heavy (non-hydrogen) atoms. The molecule has 0 spiro atoms. The predicted octanol–water partition coefficient (Wildman–Crippen LogP) is 2.57. The normalized spacial score (nSPS) is 28.0. The molecular formula is C21H28ClN3O2. The van der Waals surface area contributed by atoms with E-state index in [1.165, 1.54) is 25.9 Å². The zero-order chi connectivity index (χ0) is 18.9. The minimum atomic E-state index is -0.729. The second-order valence-corrected chi connectivity index (χ2v) is 8.55. The summed E-state index contributed by atoms with van der Waals surface area (Å²) in [6.07, 6.45) is 5.63. The van der Waals surface area contributed by atoms with Gasteiger partial charge in [0.2, 0.25) is 11.8 Å². The fourth-order valence-corrected chi connectivity index (χ4v) is 5.31. The first-order valence-corrected chi connectivity index (χ1v) is 10.5. The molecule has 0 saturated carbocycles. The van der Waals surface area contributed by atoms with Gasteiger partial charge in [-0.1, -0.05) is 29.8 Å². The fraction of sp³-hybridized carbons (Fsp3) is 0.619. The maximum absolute atomic E-state index is 13.3. The molecular weight excluding hydrogens is 362 g/mol. The summed E-state index contributed by atoms with van der Waals surface area (Å²) in [5.41, 5.74) is 0.123. The van der Waals surface area contributed by atoms with Gasteiger partial charge in [-0.2, -0.15) is 0 Å². The first kappa shape index (κ1) is 18.8. The molecule has 0 aromatic heterocycles. The molecule has 1 aromatic rings. The smallest absolute Gasteiger partial charge is 0.232 e. The van der Waals surface area contributed by atoms with E-state index in [4.69, 9.17) is 11.6 Å². The molecule has 1 aromatic carbocycles. The van der Waals surface area contributed by atoms with E-state index in [0.717, 1.165) is 24.9 Å². The number of fused-ring (bicyclic) bond motifs is 1. The number of nitrogens with one attached hydrogen (secondary N) is 1. The van der Waals surface area contributed by atoms with Crippen LogP contribution in [0, 0.1) is 0 Å². The lowest BCUT2D eigenvalue weighted by Crippen LogP contribution is -2.47. The van der Waals surface area contributed by atoms with Crippen molar-refractivity contribution in [3.8, 4) is 0 Å². The maximum Gasteiger partial charge on any atom is 0.232 e. The van der Waals surface area contributed by atoms with Crippen molar-refractivity contribution >= 4 is 23.4 Å². The third kappa shape index (κ3) is 3.59. The van der Waals surface area contributed by atoms with Crippen LogP contribution < -0.4 is 5.32 Å². The SMILES string of the molecule is O=C1CC[C@H]2C[C@@](C(=O)NCCCN3CCCC3)(c3ccccc3Cl)CN12. The Bertz CT molecular complexity index is 719. The zero-order valence-electron chi connectivity index (χ0n) is 15.8. The lowest BCUT2D eigenvalue weighted by molar-refractivity contribution is -0.129. The first-order valence-electron chi connectivity index (χ1n) is 10.2. The van der Waals surface area contributed by atoms with Crippen LogP contribution >= 0.6 is 11.6 Å². The van der Waals surface area contributed by atoms with E-state index < -0.39 is 5.41 Å². The van der Waals surface area contributed by atoms with Crippen LogP contribution in [0.15, 0.2) is 24.3 Å². The minimum Gasteiger partial charge on any atom is -0.355 e. The minimum absolute atomic E-state index is 0.0132. The summed E-state index contributed by atoms with van der Waals surface area (Å²) in [5.74, 6) is 0.176. The highest BCUT2D eigenvalue weighted by Gasteiger charge is 2.54. The number of rotatable bonds is 6. The largest absolute Gasteiger partial charge is 0.355 e. The van der Waals surface area contributed by atoms with Crippen LogP contribution in [0.1, 0.15) is 44.1 Å². The Balaban J connectivity index is 1.47. The zero-order valence-corrected chi connectivity index (χ0v) is 16.5. The van der Waals surface area contributed by atoms with Crippen LogP contribution in [0.5, 0.6) is 0 Å². The summed E-state index contributed by atoms with van der Waals surface area (Å²) in [6.45, 7) is 4.50. The molecule has 146 valence electrons. The highest BCUT2D eigenvalue weighted by Crippen LogP contribution is 2.45. The van der Waals surface area contributed by atoms with Crippen molar-refractivity contribution < 1.29 is 9.59 Å². The first-order chi connectivity index (χ1) is 13.1. The summed E-state index contributed by atoms with van der Waals surface area (Å²) < 4.78 is 0. The number of nitrogens with zero attached hydrogens (tertiary/aromatic N) is 2. The van der Waals surface area contributed by atoms with Crippen LogP contribution in [0.3, 0.4) is 0 Å². The summed E-state index contributed by atoms with van der Waals surface area (Å²) >= 11 is 6.49. The van der Waals surface area contributed by atoms with Crippen molar-refractivity contribution in [1.82, 2.24) is 15.1 Å². The van der Waals surface area contributed by atoms with Crippen LogP contribution in [0.25, 0.3) is 0 Å². The van der Waals surface area contributed by atoms with E-state index >= 15 is 0 Å². The Morgan fingerprint density at radius 2 is 2.04 bits per heavy atom. The monoisotopic (exact) mass is 389 g/mol. The third-order valence-electron chi connectivity index (χ3n) is 6.44. The lowest BCUT2D eigenvalue weighted by Gasteiger charge is -2.30. The summed E-state index contributed by atoms with van der Waals surface area (Å²) in [5, 5.41) is 3.77. The molecule has 6 heteroatoms. The number of carbonyl (C=O) groups excluding carboxylic acids is 2. The van der Waals surface area contributed by atoms with Crippen molar-refractivity contribution in [2.45, 2.75) is 50.0 Å². The quantitative estimate of drug-likeness (QED) is 0.761. The Kier molecular flexibility index (Phi) is 5.42. The Hall–Kier alpha value is -1.59. The molecule has 3 heterocycles. The molecule has 2 amide bonds. The summed E-state index contributed by atoms with van der Waals surface area (Å²) in [4.78, 5) is 29.9. The lowest BCUT2D eigenvalue weighted by atomic mass is 9.76. The molecule has 3 aliphatic rings. The van der Waals surface area contributed by atoms with Gasteiger partial charge in [0.15, 0.2) is 0 Å². The molecule has 0 radical (unpaired) electrons. The number of hydrogen-bond donors (Lipinski definition) is 1. The molecule has 0 unspecified atom stereocenters. The van der Waals surface area contributed by atoms with Gasteiger partial charge in [0.05, 0.1) is 5.41 Å². The fourth-order valence-electron chi connectivity index (χ4n) is 4.99. The number of carbonyl (C=O) groups is 2. The van der Waals surface area contributed by atoms with E-state index in [0.29, 0.717) is 31.0 Å². The van der Waals surface area contributed by atoms with E-state index in [1.807, 2.05) is 29.2 Å². The molecule has 4 rings (SSSR count). The second-order valence-electron chi connectivity index (χ2n) is 8.14. The Morgan fingerprint density at radius 1 is 1.26 bits per heavy atom. The summed E-state index contributed by atoms with van der Waals surface area (Å²) in [6, 6.07) is 7.75. The van der Waals surface area contributed by atoms with Crippen LogP contribution in [0.2, 0.25) is 5.02 Å². The summed E-state index contributed by atoms with van der Waals surface area (Å²) in [7, 11) is 0. The average Bonchev–Trinajstić information content (AvgIpc) is 3.38. The van der Waals surface area contributed by atoms with Crippen molar-refractivity contribution in [3.05, 3.63) is 34.9 Å². The Labute approximate surface area is 166 Å². The van der Waals surface area contributed by atoms with Gasteiger partial charge in [-0.3, -0.25) is 9.59 Å². The van der Waals surface area contributed by atoms with Gasteiger partial charge in [-0.05, 0) is 63.4 Å². The molecule has 3 saturated heterocycles. The third-order valence-corrected chi connectivity index (χ3v) is 6.77. The van der Waals surface area contributed by atoms with Crippen molar-refractivity contribution in [3.63, 3.8) is 0 Å². The van der Waals surface area contributed by atoms with Gasteiger partial charge >= 0.3 is 0 Å². The van der Waals surface area contributed by atoms with Crippen LogP contribution in [-0.2, 0) is 15.0 Å². The number of benzene rings is 1.